The summed E-state index contributed by atoms with van der Waals surface area (Å²) < 4.78 is 0. The fourth-order valence-corrected chi connectivity index (χ4v) is 5.08. The van der Waals surface area contributed by atoms with E-state index in [0.717, 1.165) is 25.7 Å². The van der Waals surface area contributed by atoms with Gasteiger partial charge in [-0.05, 0) is 31.6 Å². The Bertz CT molecular complexity index is 480. The molecule has 0 aromatic heterocycles. The van der Waals surface area contributed by atoms with Crippen LogP contribution in [0.2, 0.25) is 0 Å². The molecule has 0 unspecified atom stereocenters. The fraction of sp³-hybridized carbons (Fsp3) is 0.818. The maximum atomic E-state index is 12.6. The monoisotopic (exact) mass is 414 g/mol. The molecule has 1 aliphatic carbocycles. The third-order valence-electron chi connectivity index (χ3n) is 5.49. The van der Waals surface area contributed by atoms with Gasteiger partial charge in [0.25, 0.3) is 0 Å². The van der Waals surface area contributed by atoms with Crippen LogP contribution in [-0.4, -0.2) is 50.8 Å². The van der Waals surface area contributed by atoms with Crippen LogP contribution >= 0.6 is 11.8 Å². The second-order valence-corrected chi connectivity index (χ2v) is 9.10. The Kier molecular flexibility index (Phi) is 13.5. The fourth-order valence-electron chi connectivity index (χ4n) is 3.89. The van der Waals surface area contributed by atoms with Crippen molar-refractivity contribution in [1.82, 2.24) is 0 Å². The summed E-state index contributed by atoms with van der Waals surface area (Å²) in [6, 6.07) is 0. The molecule has 0 saturated heterocycles. The lowest BCUT2D eigenvalue weighted by Crippen LogP contribution is -2.19. The van der Waals surface area contributed by atoms with E-state index in [0.29, 0.717) is 24.4 Å². The average molecular weight is 415 g/mol. The highest BCUT2D eigenvalue weighted by Gasteiger charge is 2.40. The number of allylic oxidation sites excluding steroid dienone is 2. The molecule has 1 saturated carbocycles. The quantitative estimate of drug-likeness (QED) is 0.259. The van der Waals surface area contributed by atoms with Gasteiger partial charge < -0.3 is 15.3 Å². The number of thioether (sulfide) groups is 1. The summed E-state index contributed by atoms with van der Waals surface area (Å²) in [6.45, 7) is 2.34. The van der Waals surface area contributed by atoms with Crippen molar-refractivity contribution in [1.29, 1.82) is 0 Å². The molecule has 0 aromatic carbocycles. The van der Waals surface area contributed by atoms with E-state index in [1.165, 1.54) is 25.7 Å². The third kappa shape index (κ3) is 9.57. The Morgan fingerprint density at radius 2 is 1.96 bits per heavy atom. The van der Waals surface area contributed by atoms with Crippen LogP contribution < -0.4 is 0 Å². The molecule has 1 aliphatic rings. The lowest BCUT2D eigenvalue weighted by atomic mass is 9.89. The molecular weight excluding hydrogens is 376 g/mol. The number of hydrogen-bond acceptors (Lipinski definition) is 5. The first-order chi connectivity index (χ1) is 13.5. The van der Waals surface area contributed by atoms with Crippen LogP contribution in [0.5, 0.6) is 0 Å². The summed E-state index contributed by atoms with van der Waals surface area (Å²) in [7, 11) is 0. The summed E-state index contributed by atoms with van der Waals surface area (Å²) in [6.07, 6.45) is 13.2. The van der Waals surface area contributed by atoms with Crippen LogP contribution in [0.25, 0.3) is 0 Å². The van der Waals surface area contributed by atoms with E-state index in [2.05, 4.69) is 19.1 Å². The van der Waals surface area contributed by atoms with Crippen molar-refractivity contribution >= 4 is 23.5 Å². The van der Waals surface area contributed by atoms with E-state index < -0.39 is 12.1 Å². The lowest BCUT2D eigenvalue weighted by Gasteiger charge is -2.20. The minimum Gasteiger partial charge on any atom is -0.479 e. The Hall–Kier alpha value is -0.850. The van der Waals surface area contributed by atoms with Gasteiger partial charge in [-0.25, -0.2) is 4.79 Å². The predicted molar refractivity (Wildman–Crippen MR) is 115 cm³/mol. The van der Waals surface area contributed by atoms with Gasteiger partial charge in [0.2, 0.25) is 0 Å². The van der Waals surface area contributed by atoms with Gasteiger partial charge in [0.05, 0.1) is 6.61 Å². The Morgan fingerprint density at radius 3 is 2.64 bits per heavy atom. The van der Waals surface area contributed by atoms with Gasteiger partial charge in [-0.2, -0.15) is 11.8 Å². The van der Waals surface area contributed by atoms with Crippen molar-refractivity contribution in [3.05, 3.63) is 12.2 Å². The lowest BCUT2D eigenvalue weighted by molar-refractivity contribution is -0.147. The highest BCUT2D eigenvalue weighted by atomic mass is 32.2. The molecule has 3 N–H and O–H groups in total. The minimum absolute atomic E-state index is 0.0347. The summed E-state index contributed by atoms with van der Waals surface area (Å²) in [5.41, 5.74) is 0. The zero-order valence-corrected chi connectivity index (χ0v) is 18.0. The molecule has 0 aromatic rings. The Morgan fingerprint density at radius 1 is 1.21 bits per heavy atom. The van der Waals surface area contributed by atoms with E-state index in [1.807, 2.05) is 0 Å². The molecule has 1 rings (SSSR count). The van der Waals surface area contributed by atoms with Gasteiger partial charge in [-0.15, -0.1) is 0 Å². The molecule has 0 bridgehead atoms. The number of carbonyl (C=O) groups is 2. The Balaban J connectivity index is 2.50. The summed E-state index contributed by atoms with van der Waals surface area (Å²) in [5.74, 6) is 0.0892. The molecule has 5 nitrogen and oxygen atoms in total. The number of carboxylic acid groups (broad SMARTS) is 1. The van der Waals surface area contributed by atoms with E-state index >= 15 is 0 Å². The second-order valence-electron chi connectivity index (χ2n) is 7.76. The molecule has 6 heteroatoms. The largest absolute Gasteiger partial charge is 0.479 e. The van der Waals surface area contributed by atoms with Crippen molar-refractivity contribution in [3.8, 4) is 0 Å². The average Bonchev–Trinajstić information content (AvgIpc) is 2.97. The summed E-state index contributed by atoms with van der Waals surface area (Å²) >= 11 is 1.70. The predicted octanol–water partition coefficient (Wildman–Crippen LogP) is 4.21. The standard InChI is InChI=1S/C22H38O5S/c1-2-3-4-5-6-8-12-18-17(20(25)16-21(18)28-15-14-23)11-9-7-10-13-19(24)22(26)27/h8,12,17-19,21,23-24H,2-7,9-11,13-16H2,1H3,(H,26,27)/t17-,18-,19-,21-/m1/s1. The maximum Gasteiger partial charge on any atom is 0.332 e. The van der Waals surface area contributed by atoms with Gasteiger partial charge >= 0.3 is 5.97 Å². The number of Topliss-reactive ketones (excluding diaryl/α,β-unsaturated/α-hetero) is 1. The van der Waals surface area contributed by atoms with Crippen LogP contribution in [0.15, 0.2) is 12.2 Å². The molecule has 0 radical (unpaired) electrons. The zero-order chi connectivity index (χ0) is 20.8. The summed E-state index contributed by atoms with van der Waals surface area (Å²) in [4.78, 5) is 23.2. The van der Waals surface area contributed by atoms with Crippen molar-refractivity contribution in [2.45, 2.75) is 88.9 Å². The van der Waals surface area contributed by atoms with E-state index in [1.54, 1.807) is 11.8 Å². The third-order valence-corrected chi connectivity index (χ3v) is 6.82. The van der Waals surface area contributed by atoms with Crippen molar-refractivity contribution < 1.29 is 24.9 Å². The van der Waals surface area contributed by atoms with Gasteiger partial charge in [0, 0.05) is 23.3 Å². The molecule has 0 aliphatic heterocycles. The van der Waals surface area contributed by atoms with Crippen molar-refractivity contribution in [3.63, 3.8) is 0 Å². The molecular formula is C22H38O5S. The molecule has 4 atom stereocenters. The van der Waals surface area contributed by atoms with E-state index in [-0.39, 0.29) is 30.1 Å². The first-order valence-corrected chi connectivity index (χ1v) is 11.9. The van der Waals surface area contributed by atoms with Gasteiger partial charge in [-0.3, -0.25) is 4.79 Å². The van der Waals surface area contributed by atoms with Crippen LogP contribution in [0.1, 0.15) is 77.6 Å². The molecule has 0 amide bonds. The highest BCUT2D eigenvalue weighted by Crippen LogP contribution is 2.40. The van der Waals surface area contributed by atoms with E-state index in [4.69, 9.17) is 10.2 Å². The van der Waals surface area contributed by atoms with Crippen LogP contribution in [0, 0.1) is 11.8 Å². The van der Waals surface area contributed by atoms with Crippen LogP contribution in [0.4, 0.5) is 0 Å². The van der Waals surface area contributed by atoms with Crippen LogP contribution in [-0.2, 0) is 9.59 Å². The number of ketones is 1. The first kappa shape index (κ1) is 25.2. The van der Waals surface area contributed by atoms with E-state index in [9.17, 15) is 14.7 Å². The normalized spacial score (nSPS) is 23.5. The van der Waals surface area contributed by atoms with Crippen LogP contribution in [0.3, 0.4) is 0 Å². The number of carboxylic acids is 1. The maximum absolute atomic E-state index is 12.6. The molecule has 0 spiro atoms. The van der Waals surface area contributed by atoms with Gasteiger partial charge in [-0.1, -0.05) is 57.6 Å². The number of aliphatic hydroxyl groups excluding tert-OH is 2. The highest BCUT2D eigenvalue weighted by molar-refractivity contribution is 8.00. The molecule has 162 valence electrons. The minimum atomic E-state index is -1.28. The van der Waals surface area contributed by atoms with Gasteiger partial charge in [0.1, 0.15) is 5.78 Å². The van der Waals surface area contributed by atoms with Crippen molar-refractivity contribution in [2.24, 2.45) is 11.8 Å². The number of aliphatic carboxylic acids is 1. The number of aliphatic hydroxyl groups is 2. The molecule has 28 heavy (non-hydrogen) atoms. The smallest absolute Gasteiger partial charge is 0.332 e. The van der Waals surface area contributed by atoms with Crippen molar-refractivity contribution in [2.75, 3.05) is 12.4 Å². The number of unbranched alkanes of at least 4 members (excludes halogenated alkanes) is 6. The van der Waals surface area contributed by atoms with Gasteiger partial charge in [0.15, 0.2) is 6.10 Å². The zero-order valence-electron chi connectivity index (χ0n) is 17.2. The summed E-state index contributed by atoms with van der Waals surface area (Å²) in [5, 5.41) is 27.4. The SMILES string of the molecule is CCCCCCC=C[C@H]1[C@H](SCCO)CC(=O)[C@@H]1CCCCC[C@@H](O)C(=O)O. The first-order valence-electron chi connectivity index (χ1n) is 10.8. The second kappa shape index (κ2) is 15.1. The number of hydrogen-bond donors (Lipinski definition) is 3. The molecule has 0 heterocycles. The Labute approximate surface area is 174 Å². The topological polar surface area (TPSA) is 94.8 Å². The molecule has 1 fully saturated rings. The number of rotatable bonds is 16. The number of carbonyl (C=O) groups excluding carboxylic acids is 1.